The zero-order valence-electron chi connectivity index (χ0n) is 23.1. The Morgan fingerprint density at radius 2 is 1.93 bits per heavy atom. The first-order chi connectivity index (χ1) is 19.6. The van der Waals surface area contributed by atoms with E-state index in [1.165, 1.54) is 18.3 Å². The number of likely N-dealkylation sites (tertiary alicyclic amines) is 1. The average Bonchev–Trinajstić information content (AvgIpc) is 3.61. The van der Waals surface area contributed by atoms with Gasteiger partial charge >= 0.3 is 17.1 Å². The smallest absolute Gasteiger partial charge is 0.493 e. The van der Waals surface area contributed by atoms with Crippen molar-refractivity contribution >= 4 is 40.8 Å². The van der Waals surface area contributed by atoms with E-state index in [1.807, 2.05) is 20.8 Å². The van der Waals surface area contributed by atoms with Crippen LogP contribution in [0.3, 0.4) is 0 Å². The number of hydrogen-bond acceptors (Lipinski definition) is 6. The first kappa shape index (κ1) is 30.0. The molecule has 8 nitrogen and oxygen atoms in total. The normalized spacial score (nSPS) is 20.9. The highest BCUT2D eigenvalue weighted by Crippen LogP contribution is 2.40. The Morgan fingerprint density at radius 3 is 2.60 bits per heavy atom. The summed E-state index contributed by atoms with van der Waals surface area (Å²) in [5.41, 5.74) is -0.746. The fourth-order valence-electron chi connectivity index (χ4n) is 6.16. The van der Waals surface area contributed by atoms with E-state index in [0.717, 1.165) is 10.6 Å². The minimum atomic E-state index is -4.69. The molecule has 3 heterocycles. The van der Waals surface area contributed by atoms with E-state index in [9.17, 15) is 33.0 Å². The molecule has 1 aromatic heterocycles. The van der Waals surface area contributed by atoms with Gasteiger partial charge in [0.2, 0.25) is 5.88 Å². The minimum Gasteiger partial charge on any atom is -0.493 e. The molecule has 0 radical (unpaired) electrons. The van der Waals surface area contributed by atoms with Gasteiger partial charge in [-0.15, -0.1) is 0 Å². The third-order valence-electron chi connectivity index (χ3n) is 8.23. The Morgan fingerprint density at radius 1 is 1.19 bits per heavy atom. The second kappa shape index (κ2) is 10.7. The quantitative estimate of drug-likeness (QED) is 0.385. The predicted molar refractivity (Wildman–Crippen MR) is 154 cm³/mol. The summed E-state index contributed by atoms with van der Waals surface area (Å²) in [6, 6.07) is 8.03. The van der Waals surface area contributed by atoms with Crippen molar-refractivity contribution in [2.75, 3.05) is 6.54 Å². The zero-order chi connectivity index (χ0) is 30.6. The Hall–Kier alpha value is -3.48. The van der Waals surface area contributed by atoms with Crippen molar-refractivity contribution in [3.63, 3.8) is 0 Å². The summed E-state index contributed by atoms with van der Waals surface area (Å²) < 4.78 is 43.0. The molecule has 3 aromatic rings. The monoisotopic (exact) mass is 621 g/mol. The summed E-state index contributed by atoms with van der Waals surface area (Å²) >= 11 is 6.62. The second-order valence-corrected chi connectivity index (χ2v) is 12.9. The van der Waals surface area contributed by atoms with E-state index in [-0.39, 0.29) is 32.9 Å². The first-order valence-electron chi connectivity index (χ1n) is 13.3. The number of aromatic hydroxyl groups is 1. The highest BCUT2D eigenvalue weighted by atomic mass is 35.5. The van der Waals surface area contributed by atoms with Crippen LogP contribution in [-0.2, 0) is 19.1 Å². The topological polar surface area (TPSA) is 104 Å². The van der Waals surface area contributed by atoms with Crippen LogP contribution in [0.1, 0.15) is 55.2 Å². The molecule has 1 fully saturated rings. The van der Waals surface area contributed by atoms with Crippen LogP contribution in [0.25, 0.3) is 5.57 Å². The number of amides is 1. The zero-order valence-corrected chi connectivity index (χ0v) is 24.6. The molecule has 5 rings (SSSR count). The minimum absolute atomic E-state index is 0.0531. The maximum absolute atomic E-state index is 14.0. The van der Waals surface area contributed by atoms with Crippen molar-refractivity contribution < 1.29 is 32.7 Å². The van der Waals surface area contributed by atoms with Crippen molar-refractivity contribution in [2.24, 2.45) is 10.2 Å². The fourth-order valence-corrected chi connectivity index (χ4v) is 7.29. The molecule has 1 amide bonds. The van der Waals surface area contributed by atoms with E-state index in [4.69, 9.17) is 11.6 Å². The van der Waals surface area contributed by atoms with Gasteiger partial charge in [-0.05, 0) is 61.4 Å². The number of hydrogen-bond donors (Lipinski definition) is 2. The molecule has 1 saturated heterocycles. The van der Waals surface area contributed by atoms with Crippen LogP contribution in [0.4, 0.5) is 18.0 Å². The highest BCUT2D eigenvalue weighted by molar-refractivity contribution is 7.10. The summed E-state index contributed by atoms with van der Waals surface area (Å²) in [6.45, 7) is 5.83. The second-order valence-electron chi connectivity index (χ2n) is 11.5. The lowest BCUT2D eigenvalue weighted by atomic mass is 9.96. The van der Waals surface area contributed by atoms with Crippen LogP contribution in [0.2, 0.25) is 5.02 Å². The van der Waals surface area contributed by atoms with Crippen LogP contribution >= 0.6 is 22.9 Å². The molecule has 13 heteroatoms. The van der Waals surface area contributed by atoms with Crippen molar-refractivity contribution in [3.8, 4) is 5.88 Å². The van der Waals surface area contributed by atoms with Gasteiger partial charge in [-0.3, -0.25) is 9.36 Å². The molecule has 2 N–H and O–H groups in total. The van der Waals surface area contributed by atoms with Gasteiger partial charge in [0.05, 0.1) is 35.1 Å². The first-order valence-corrected chi connectivity index (χ1v) is 14.5. The maximum Gasteiger partial charge on any atom is 0.514 e. The molecule has 2 atom stereocenters. The summed E-state index contributed by atoms with van der Waals surface area (Å²) in [7, 11) is 0. The third-order valence-corrected chi connectivity index (χ3v) is 9.49. The fraction of sp³-hybridized carbons (Fsp3) is 0.379. The Balaban J connectivity index is 1.67. The molecular weight excluding hydrogens is 593 g/mol. The van der Waals surface area contributed by atoms with Gasteiger partial charge in [0.25, 0.3) is 0 Å². The lowest BCUT2D eigenvalue weighted by Gasteiger charge is -2.44. The Kier molecular flexibility index (Phi) is 7.61. The predicted octanol–water partition coefficient (Wildman–Crippen LogP) is 5.15. The standard InChI is InChI=1S/C29H28ClF3N4O4S/c1-28(2,3)37(27(40)41)10-4-5-20(37)15-36-25(38)24(42-26(36)39)21(16-7-9-23-18(11-16)14-34-35-23)12-17-6-8-19(30)13-22(17)29(31,32)33/h6-9,11,13-14,20H,4-5,10,12,15H2,1-3H3,(H-,34,35,38,40,41)/p+1/t20-,37?/m0/s1. The van der Waals surface area contributed by atoms with Gasteiger partial charge in [0, 0.05) is 29.8 Å². The number of thiazole rings is 1. The Bertz CT molecular complexity index is 1790. The van der Waals surface area contributed by atoms with Crippen molar-refractivity contribution in [2.45, 2.75) is 64.3 Å². The molecule has 222 valence electrons. The largest absolute Gasteiger partial charge is 0.514 e. The molecule has 0 aliphatic carbocycles. The van der Waals surface area contributed by atoms with Gasteiger partial charge < -0.3 is 10.2 Å². The molecular formula is C29H29ClF3N4O4S+. The SMILES string of the molecule is CC(C)(C)[N+]1(C(=O)O)CCC[C@H]1Cn1c(O)c(C(Cc2ccc(Cl)cc2C(F)(F)F)=c2ccc3c(c2)C=NN=3)sc1=O. The summed E-state index contributed by atoms with van der Waals surface area (Å²) in [5.74, 6) is -0.411. The molecule has 2 aliphatic heterocycles. The number of benzene rings is 2. The molecule has 2 aliphatic rings. The third kappa shape index (κ3) is 5.16. The van der Waals surface area contributed by atoms with Gasteiger partial charge in [0.1, 0.15) is 11.6 Å². The lowest BCUT2D eigenvalue weighted by molar-refractivity contribution is -0.915. The molecule has 42 heavy (non-hydrogen) atoms. The van der Waals surface area contributed by atoms with E-state index in [0.29, 0.717) is 52.4 Å². The van der Waals surface area contributed by atoms with Crippen LogP contribution in [0, 0.1) is 0 Å². The summed E-state index contributed by atoms with van der Waals surface area (Å²) in [4.78, 5) is 25.5. The van der Waals surface area contributed by atoms with Crippen molar-refractivity contribution in [3.05, 3.63) is 83.2 Å². The van der Waals surface area contributed by atoms with Crippen molar-refractivity contribution in [1.29, 1.82) is 0 Å². The highest BCUT2D eigenvalue weighted by Gasteiger charge is 2.56. The molecule has 0 saturated carbocycles. The summed E-state index contributed by atoms with van der Waals surface area (Å²) in [6.07, 6.45) is -3.28. The van der Waals surface area contributed by atoms with E-state index < -0.39 is 40.2 Å². The number of fused-ring (bicyclic) bond motifs is 1. The Labute approximate surface area is 247 Å². The number of rotatable bonds is 5. The number of nitrogens with zero attached hydrogens (tertiary/aromatic N) is 4. The molecule has 2 aromatic carbocycles. The number of carboxylic acid groups (broad SMARTS) is 1. The number of halogens is 4. The number of quaternary nitrogens is 1. The van der Waals surface area contributed by atoms with Crippen LogP contribution in [0.5, 0.6) is 5.88 Å². The van der Waals surface area contributed by atoms with Gasteiger partial charge in [0.15, 0.2) is 0 Å². The summed E-state index contributed by atoms with van der Waals surface area (Å²) in [5, 5.41) is 30.6. The van der Waals surface area contributed by atoms with Gasteiger partial charge in [-0.25, -0.2) is 4.48 Å². The molecule has 0 spiro atoms. The number of aromatic nitrogens is 1. The van der Waals surface area contributed by atoms with Crippen LogP contribution in [-0.4, -0.2) is 49.7 Å². The van der Waals surface area contributed by atoms with Gasteiger partial charge in [-0.1, -0.05) is 35.1 Å². The maximum atomic E-state index is 14.0. The van der Waals surface area contributed by atoms with E-state index in [1.54, 1.807) is 18.2 Å². The average molecular weight is 622 g/mol. The molecule has 0 bridgehead atoms. The lowest BCUT2D eigenvalue weighted by Crippen LogP contribution is -2.66. The van der Waals surface area contributed by atoms with Crippen LogP contribution < -0.4 is 15.4 Å². The van der Waals surface area contributed by atoms with E-state index >= 15 is 0 Å². The van der Waals surface area contributed by atoms with Gasteiger partial charge in [-0.2, -0.15) is 28.2 Å². The van der Waals surface area contributed by atoms with E-state index in [2.05, 4.69) is 10.2 Å². The van der Waals surface area contributed by atoms with Crippen LogP contribution in [0.15, 0.2) is 51.4 Å². The molecule has 1 unspecified atom stereocenters. The van der Waals surface area contributed by atoms with Crippen molar-refractivity contribution in [1.82, 2.24) is 4.57 Å². The number of alkyl halides is 3. The number of carbonyl (C=O) groups is 1.